The molecule has 0 bridgehead atoms. The molecule has 0 spiro atoms. The Balaban J connectivity index is 2.94. The zero-order valence-corrected chi connectivity index (χ0v) is 11.1. The van der Waals surface area contributed by atoms with Crippen LogP contribution in [-0.4, -0.2) is 12.7 Å². The minimum Gasteiger partial charge on any atom is -0.373 e. The molecule has 0 N–H and O–H groups in total. The molecule has 1 aromatic rings. The average Bonchev–Trinajstić information content (AvgIpc) is 2.31. The van der Waals surface area contributed by atoms with E-state index >= 15 is 0 Å². The van der Waals surface area contributed by atoms with Crippen molar-refractivity contribution in [2.24, 2.45) is 5.92 Å². The summed E-state index contributed by atoms with van der Waals surface area (Å²) in [6.45, 7) is 11.0. The molecule has 17 heavy (non-hydrogen) atoms. The van der Waals surface area contributed by atoms with Crippen LogP contribution in [0.25, 0.3) is 5.57 Å². The van der Waals surface area contributed by atoms with E-state index < -0.39 is 0 Å². The van der Waals surface area contributed by atoms with Crippen LogP contribution in [0.15, 0.2) is 42.6 Å². The Hall–Kier alpha value is -1.30. The fourth-order valence-electron chi connectivity index (χ4n) is 1.92. The zero-order valence-electron chi connectivity index (χ0n) is 11.1. The summed E-state index contributed by atoms with van der Waals surface area (Å²) in [5.74, 6) is 0.596. The van der Waals surface area contributed by atoms with Crippen LogP contribution in [0.1, 0.15) is 32.8 Å². The van der Waals surface area contributed by atoms with Crippen molar-refractivity contribution in [3.05, 3.63) is 48.2 Å². The van der Waals surface area contributed by atoms with Gasteiger partial charge >= 0.3 is 0 Å². The summed E-state index contributed by atoms with van der Waals surface area (Å²) < 4.78 is 5.82. The standard InChI is InChI=1S/C16H22O/c1-5-15(14-10-8-7-9-11-14)16(17-6-2)12-13(3)4/h7-11,13,16H,1,6,12H2,2-4H3. The second kappa shape index (κ2) is 7.11. The minimum atomic E-state index is 0.0971. The molecule has 0 aromatic heterocycles. The van der Waals surface area contributed by atoms with Crippen molar-refractivity contribution in [1.29, 1.82) is 0 Å². The first kappa shape index (κ1) is 13.8. The topological polar surface area (TPSA) is 9.23 Å². The minimum absolute atomic E-state index is 0.0971. The molecular weight excluding hydrogens is 208 g/mol. The van der Waals surface area contributed by atoms with E-state index in [0.29, 0.717) is 5.92 Å². The Bertz CT molecular complexity index is 372. The van der Waals surface area contributed by atoms with Crippen molar-refractivity contribution in [3.8, 4) is 0 Å². The number of benzene rings is 1. The quantitative estimate of drug-likeness (QED) is 0.662. The first-order valence-electron chi connectivity index (χ1n) is 6.26. The Kier molecular flexibility index (Phi) is 5.76. The summed E-state index contributed by atoms with van der Waals surface area (Å²) in [4.78, 5) is 0. The highest BCUT2D eigenvalue weighted by atomic mass is 16.5. The number of rotatable bonds is 6. The van der Waals surface area contributed by atoms with Crippen LogP contribution in [0.5, 0.6) is 0 Å². The molecule has 0 saturated heterocycles. The predicted octanol–water partition coefficient (Wildman–Crippen LogP) is 4.31. The van der Waals surface area contributed by atoms with E-state index in [4.69, 9.17) is 4.74 Å². The zero-order chi connectivity index (χ0) is 12.7. The van der Waals surface area contributed by atoms with E-state index in [1.54, 1.807) is 0 Å². The molecule has 1 unspecified atom stereocenters. The van der Waals surface area contributed by atoms with Gasteiger partial charge in [0.25, 0.3) is 0 Å². The van der Waals surface area contributed by atoms with Crippen molar-refractivity contribution in [2.45, 2.75) is 33.3 Å². The van der Waals surface area contributed by atoms with E-state index in [1.807, 2.05) is 25.1 Å². The highest BCUT2D eigenvalue weighted by Crippen LogP contribution is 2.24. The number of hydrogen-bond acceptors (Lipinski definition) is 1. The lowest BCUT2D eigenvalue weighted by molar-refractivity contribution is 0.0882. The summed E-state index contributed by atoms with van der Waals surface area (Å²) in [6, 6.07) is 10.2. The average molecular weight is 230 g/mol. The van der Waals surface area contributed by atoms with Gasteiger partial charge in [0.2, 0.25) is 0 Å². The van der Waals surface area contributed by atoms with Crippen LogP contribution in [-0.2, 0) is 4.74 Å². The molecule has 1 rings (SSSR count). The van der Waals surface area contributed by atoms with Crippen molar-refractivity contribution in [2.75, 3.05) is 6.61 Å². The van der Waals surface area contributed by atoms with Gasteiger partial charge in [-0.2, -0.15) is 0 Å². The van der Waals surface area contributed by atoms with Crippen LogP contribution in [0, 0.1) is 5.92 Å². The van der Waals surface area contributed by atoms with Gasteiger partial charge in [-0.25, -0.2) is 0 Å². The van der Waals surface area contributed by atoms with Crippen LogP contribution < -0.4 is 0 Å². The molecule has 0 aliphatic rings. The highest BCUT2D eigenvalue weighted by Gasteiger charge is 2.17. The Morgan fingerprint density at radius 1 is 1.29 bits per heavy atom. The Morgan fingerprint density at radius 3 is 2.41 bits per heavy atom. The summed E-state index contributed by atoms with van der Waals surface area (Å²) in [6.07, 6.45) is 1.10. The van der Waals surface area contributed by atoms with Crippen LogP contribution in [0.4, 0.5) is 0 Å². The van der Waals surface area contributed by atoms with Crippen LogP contribution >= 0.6 is 0 Å². The molecule has 0 heterocycles. The third-order valence-electron chi connectivity index (χ3n) is 2.65. The molecule has 0 aliphatic heterocycles. The molecule has 0 saturated carbocycles. The smallest absolute Gasteiger partial charge is 0.0904 e. The van der Waals surface area contributed by atoms with E-state index in [-0.39, 0.29) is 6.10 Å². The lowest BCUT2D eigenvalue weighted by Gasteiger charge is -2.21. The lowest BCUT2D eigenvalue weighted by Crippen LogP contribution is -2.17. The summed E-state index contributed by atoms with van der Waals surface area (Å²) in [7, 11) is 0. The second-order valence-corrected chi connectivity index (χ2v) is 4.53. The van der Waals surface area contributed by atoms with Gasteiger partial charge in [0.1, 0.15) is 0 Å². The normalized spacial score (nSPS) is 12.2. The summed E-state index contributed by atoms with van der Waals surface area (Å²) in [5, 5.41) is 0. The van der Waals surface area contributed by atoms with Gasteiger partial charge < -0.3 is 4.74 Å². The molecule has 0 radical (unpaired) electrons. The van der Waals surface area contributed by atoms with E-state index in [0.717, 1.165) is 24.2 Å². The first-order chi connectivity index (χ1) is 8.19. The van der Waals surface area contributed by atoms with Crippen molar-refractivity contribution in [1.82, 2.24) is 0 Å². The number of ether oxygens (including phenoxy) is 1. The molecule has 1 nitrogen and oxygen atoms in total. The van der Waals surface area contributed by atoms with Gasteiger partial charge in [0.05, 0.1) is 6.10 Å². The van der Waals surface area contributed by atoms with Gasteiger partial charge in [0, 0.05) is 12.2 Å². The SMILES string of the molecule is C=C=C(c1ccccc1)C(CC(C)C)OCC. The third-order valence-corrected chi connectivity index (χ3v) is 2.65. The second-order valence-electron chi connectivity index (χ2n) is 4.53. The molecular formula is C16H22O. The van der Waals surface area contributed by atoms with Crippen molar-refractivity contribution >= 4 is 5.57 Å². The molecule has 1 aromatic carbocycles. The fraction of sp³-hybridized carbons (Fsp3) is 0.438. The summed E-state index contributed by atoms with van der Waals surface area (Å²) >= 11 is 0. The summed E-state index contributed by atoms with van der Waals surface area (Å²) in [5.41, 5.74) is 5.28. The van der Waals surface area contributed by atoms with Gasteiger partial charge in [-0.15, -0.1) is 5.73 Å². The van der Waals surface area contributed by atoms with Gasteiger partial charge in [-0.3, -0.25) is 0 Å². The largest absolute Gasteiger partial charge is 0.373 e. The van der Waals surface area contributed by atoms with E-state index in [2.05, 4.69) is 38.3 Å². The maximum Gasteiger partial charge on any atom is 0.0904 e. The Morgan fingerprint density at radius 2 is 1.94 bits per heavy atom. The van der Waals surface area contributed by atoms with Crippen molar-refractivity contribution in [3.63, 3.8) is 0 Å². The van der Waals surface area contributed by atoms with Gasteiger partial charge in [-0.1, -0.05) is 50.8 Å². The van der Waals surface area contributed by atoms with E-state index in [9.17, 15) is 0 Å². The Labute approximate surface area is 105 Å². The first-order valence-corrected chi connectivity index (χ1v) is 6.26. The van der Waals surface area contributed by atoms with Crippen LogP contribution in [0.3, 0.4) is 0 Å². The lowest BCUT2D eigenvalue weighted by atomic mass is 9.95. The monoisotopic (exact) mass is 230 g/mol. The molecule has 0 amide bonds. The van der Waals surface area contributed by atoms with Gasteiger partial charge in [0.15, 0.2) is 0 Å². The number of hydrogen-bond donors (Lipinski definition) is 0. The third kappa shape index (κ3) is 4.22. The van der Waals surface area contributed by atoms with E-state index in [1.165, 1.54) is 0 Å². The van der Waals surface area contributed by atoms with Crippen LogP contribution in [0.2, 0.25) is 0 Å². The van der Waals surface area contributed by atoms with Crippen molar-refractivity contribution < 1.29 is 4.74 Å². The molecule has 0 aliphatic carbocycles. The molecule has 92 valence electrons. The predicted molar refractivity (Wildman–Crippen MR) is 73.9 cm³/mol. The molecule has 1 atom stereocenters. The fourth-order valence-corrected chi connectivity index (χ4v) is 1.92. The highest BCUT2D eigenvalue weighted by molar-refractivity contribution is 5.67. The maximum absolute atomic E-state index is 5.82. The molecule has 0 fully saturated rings. The molecule has 1 heteroatoms. The van der Waals surface area contributed by atoms with Gasteiger partial charge in [-0.05, 0) is 24.8 Å². The maximum atomic E-state index is 5.82.